The summed E-state index contributed by atoms with van der Waals surface area (Å²) >= 11 is 0. The fraction of sp³-hybridized carbons (Fsp3) is 0.385. The van der Waals surface area contributed by atoms with Crippen molar-refractivity contribution in [2.75, 3.05) is 0 Å². The summed E-state index contributed by atoms with van der Waals surface area (Å²) in [4.78, 5) is 30.7. The van der Waals surface area contributed by atoms with Gasteiger partial charge in [-0.1, -0.05) is 45.7 Å². The number of carbonyl (C=O) groups excluding carboxylic acids is 2. The molecule has 288 valence electrons. The number of aromatic nitrogens is 3. The van der Waals surface area contributed by atoms with Crippen molar-refractivity contribution in [3.05, 3.63) is 105 Å². The molecule has 2 aromatic carbocycles. The Balaban J connectivity index is 0.00000157. The molecule has 1 aliphatic carbocycles. The van der Waals surface area contributed by atoms with E-state index in [0.29, 0.717) is 33.0 Å². The third kappa shape index (κ3) is 9.28. The van der Waals surface area contributed by atoms with E-state index in [1.165, 1.54) is 19.9 Å². The Hall–Kier alpha value is -5.23. The molecule has 0 saturated heterocycles. The summed E-state index contributed by atoms with van der Waals surface area (Å²) in [5.74, 6) is -1.55. The number of rotatable bonds is 7. The van der Waals surface area contributed by atoms with Crippen LogP contribution >= 0.6 is 0 Å². The van der Waals surface area contributed by atoms with Gasteiger partial charge in [0.05, 0.1) is 11.7 Å². The summed E-state index contributed by atoms with van der Waals surface area (Å²) in [5, 5.41) is 18.9. The molecule has 0 radical (unpaired) electrons. The Labute approximate surface area is 308 Å². The van der Waals surface area contributed by atoms with Gasteiger partial charge in [0.25, 0.3) is 11.8 Å². The monoisotopic (exact) mass is 759 g/mol. The van der Waals surface area contributed by atoms with Crippen molar-refractivity contribution in [3.63, 3.8) is 0 Å². The first-order valence-electron chi connectivity index (χ1n) is 17.4. The van der Waals surface area contributed by atoms with E-state index in [4.69, 9.17) is 0 Å². The Kier molecular flexibility index (Phi) is 12.6. The van der Waals surface area contributed by atoms with Gasteiger partial charge in [-0.2, -0.15) is 27.1 Å². The summed E-state index contributed by atoms with van der Waals surface area (Å²) < 4.78 is 99.9. The summed E-state index contributed by atoms with van der Waals surface area (Å²) in [5.41, 5.74) is -2.57. The van der Waals surface area contributed by atoms with Gasteiger partial charge >= 0.3 is 6.18 Å². The van der Waals surface area contributed by atoms with Gasteiger partial charge in [-0.25, -0.2) is 13.8 Å². The smallest absolute Gasteiger partial charge is 0.378 e. The van der Waals surface area contributed by atoms with Crippen molar-refractivity contribution in [2.45, 2.75) is 97.6 Å². The number of pyridine rings is 1. The Morgan fingerprint density at radius 1 is 1.00 bits per heavy atom. The number of halogens is 7. The topological polar surface area (TPSA) is 109 Å². The van der Waals surface area contributed by atoms with Gasteiger partial charge in [-0.05, 0) is 79.6 Å². The maximum absolute atomic E-state index is 14.8. The van der Waals surface area contributed by atoms with E-state index in [1.54, 1.807) is 24.3 Å². The lowest BCUT2D eigenvalue weighted by Gasteiger charge is -2.23. The average Bonchev–Trinajstić information content (AvgIpc) is 3.77. The highest BCUT2D eigenvalue weighted by Crippen LogP contribution is 2.46. The van der Waals surface area contributed by atoms with Crippen LogP contribution in [0, 0.1) is 23.5 Å². The molecule has 1 aliphatic heterocycles. The minimum Gasteiger partial charge on any atom is -0.378 e. The summed E-state index contributed by atoms with van der Waals surface area (Å²) in [6, 6.07) is 9.43. The van der Waals surface area contributed by atoms with Crippen LogP contribution in [0.3, 0.4) is 0 Å². The molecule has 2 aliphatic rings. The van der Waals surface area contributed by atoms with E-state index in [1.807, 2.05) is 27.7 Å². The zero-order chi connectivity index (χ0) is 40.2. The van der Waals surface area contributed by atoms with E-state index in [0.717, 1.165) is 12.1 Å². The zero-order valence-electron chi connectivity index (χ0n) is 30.5. The van der Waals surface area contributed by atoms with Gasteiger partial charge in [0.2, 0.25) is 5.91 Å². The van der Waals surface area contributed by atoms with Gasteiger partial charge in [0.1, 0.15) is 35.2 Å². The first-order valence-corrected chi connectivity index (χ1v) is 17.4. The molecule has 0 bridgehead atoms. The molecular formula is C39H40F7N5O3. The number of hydrogen-bond acceptors (Lipinski definition) is 5. The molecule has 0 saturated carbocycles. The number of carbonyl (C=O) groups is 2. The van der Waals surface area contributed by atoms with Crippen LogP contribution in [0.15, 0.2) is 48.5 Å². The Bertz CT molecular complexity index is 2070. The van der Waals surface area contributed by atoms with Gasteiger partial charge in [-0.3, -0.25) is 14.3 Å². The van der Waals surface area contributed by atoms with Crippen molar-refractivity contribution >= 4 is 11.8 Å². The lowest BCUT2D eigenvalue weighted by atomic mass is 9.91. The highest BCUT2D eigenvalue weighted by Gasteiger charge is 2.50. The predicted molar refractivity (Wildman–Crippen MR) is 187 cm³/mol. The lowest BCUT2D eigenvalue weighted by molar-refractivity contribution is -0.142. The van der Waals surface area contributed by atoms with Gasteiger partial charge < -0.3 is 15.7 Å². The fourth-order valence-corrected chi connectivity index (χ4v) is 6.21. The Morgan fingerprint density at radius 2 is 1.65 bits per heavy atom. The first kappa shape index (κ1) is 41.5. The second kappa shape index (κ2) is 16.4. The maximum atomic E-state index is 14.8. The predicted octanol–water partition coefficient (Wildman–Crippen LogP) is 7.80. The molecule has 1 unspecified atom stereocenters. The third-order valence-corrected chi connectivity index (χ3v) is 8.23. The minimum absolute atomic E-state index is 0.0505. The van der Waals surface area contributed by atoms with Crippen LogP contribution in [0.25, 0.3) is 11.1 Å². The third-order valence-electron chi connectivity index (χ3n) is 8.23. The van der Waals surface area contributed by atoms with Crippen molar-refractivity contribution in [1.82, 2.24) is 25.4 Å². The molecule has 0 spiro atoms. The first-order chi connectivity index (χ1) is 25.4. The highest BCUT2D eigenvalue weighted by atomic mass is 19.4. The van der Waals surface area contributed by atoms with Crippen LogP contribution in [0.2, 0.25) is 0 Å². The molecular weight excluding hydrogens is 719 g/mol. The van der Waals surface area contributed by atoms with Crippen LogP contribution in [0.5, 0.6) is 0 Å². The zero-order valence-corrected chi connectivity index (χ0v) is 30.5. The standard InChI is InChI=1S/C35H28F7N5O3.2C2H6/c1-33(2,50)10-8-21-6-7-23(22-4-3-5-24-26(22)16-43-32(24)49)29(44-21)27(14-18-12-19(36)15-20(37)13-18)45-28(48)17-47-31-25(9-11-34(31,38)39)30(46-47)35(40,41)42;2*1-2/h3-7,12-13,15,27,50H,9,11,14,16-17H2,1-2H3,(H,43,49)(H,45,48);2*1-2H3. The van der Waals surface area contributed by atoms with E-state index >= 15 is 0 Å². The molecule has 6 rings (SSSR count). The van der Waals surface area contributed by atoms with Crippen LogP contribution in [-0.4, -0.2) is 37.3 Å². The van der Waals surface area contributed by atoms with Crippen molar-refractivity contribution in [3.8, 4) is 23.0 Å². The van der Waals surface area contributed by atoms with Crippen LogP contribution < -0.4 is 10.6 Å². The summed E-state index contributed by atoms with van der Waals surface area (Å²) in [7, 11) is 0. The van der Waals surface area contributed by atoms with E-state index in [-0.39, 0.29) is 35.8 Å². The van der Waals surface area contributed by atoms with Crippen LogP contribution in [0.4, 0.5) is 30.7 Å². The number of nitrogens with zero attached hydrogens (tertiary/aromatic N) is 3. The molecule has 2 aromatic heterocycles. The molecule has 4 aromatic rings. The second-order valence-electron chi connectivity index (χ2n) is 12.6. The van der Waals surface area contributed by atoms with E-state index in [2.05, 4.69) is 32.6 Å². The van der Waals surface area contributed by atoms with Crippen molar-refractivity contribution in [1.29, 1.82) is 0 Å². The molecule has 15 heteroatoms. The van der Waals surface area contributed by atoms with Crippen LogP contribution in [0.1, 0.15) is 104 Å². The second-order valence-corrected chi connectivity index (χ2v) is 12.6. The number of benzene rings is 2. The highest BCUT2D eigenvalue weighted by molar-refractivity contribution is 6.00. The lowest BCUT2D eigenvalue weighted by Crippen LogP contribution is -2.35. The number of fused-ring (bicyclic) bond motifs is 2. The summed E-state index contributed by atoms with van der Waals surface area (Å²) in [6.45, 7) is 9.98. The molecule has 2 amide bonds. The quantitative estimate of drug-likeness (QED) is 0.132. The minimum atomic E-state index is -5.05. The average molecular weight is 760 g/mol. The number of amides is 2. The number of nitrogens with one attached hydrogen (secondary N) is 2. The Morgan fingerprint density at radius 3 is 2.28 bits per heavy atom. The molecule has 3 heterocycles. The van der Waals surface area contributed by atoms with Crippen molar-refractivity contribution in [2.24, 2.45) is 0 Å². The number of hydrogen-bond donors (Lipinski definition) is 3. The number of aliphatic hydroxyl groups is 1. The van der Waals surface area contributed by atoms with Crippen LogP contribution in [-0.2, 0) is 42.8 Å². The molecule has 1 atom stereocenters. The van der Waals surface area contributed by atoms with Gasteiger partial charge in [0.15, 0.2) is 5.69 Å². The SMILES string of the molecule is CC.CC.CC(C)(O)C#Cc1ccc(-c2cccc3c2CNC3=O)c(C(Cc2cc(F)cc(F)c2)NC(=O)Cn2nc(C(F)(F)F)c3c2C(F)(F)CC3)n1. The summed E-state index contributed by atoms with van der Waals surface area (Å²) in [6.07, 6.45) is -6.85. The molecule has 8 nitrogen and oxygen atoms in total. The van der Waals surface area contributed by atoms with Crippen molar-refractivity contribution < 1.29 is 45.4 Å². The van der Waals surface area contributed by atoms with E-state index < -0.39 is 77.6 Å². The largest absolute Gasteiger partial charge is 0.435 e. The molecule has 0 fully saturated rings. The number of alkyl halides is 5. The fourth-order valence-electron chi connectivity index (χ4n) is 6.21. The van der Waals surface area contributed by atoms with E-state index in [9.17, 15) is 45.4 Å². The normalized spacial score (nSPS) is 14.6. The van der Waals surface area contributed by atoms with Gasteiger partial charge in [0, 0.05) is 35.7 Å². The molecule has 3 N–H and O–H groups in total. The maximum Gasteiger partial charge on any atom is 0.435 e. The van der Waals surface area contributed by atoms with Gasteiger partial charge in [-0.15, -0.1) is 0 Å². The molecule has 54 heavy (non-hydrogen) atoms.